The van der Waals surface area contributed by atoms with E-state index in [9.17, 15) is 24.3 Å². The molecule has 0 aliphatic rings. The molecular weight excluding hydrogens is 559 g/mol. The molecule has 4 aromatic rings. The number of hydrogen-bond acceptors (Lipinski definition) is 6. The van der Waals surface area contributed by atoms with Crippen molar-refractivity contribution in [1.29, 1.82) is 0 Å². The van der Waals surface area contributed by atoms with Crippen LogP contribution in [-0.2, 0) is 11.2 Å². The number of carboxylic acid groups (broad SMARTS) is 1. The molecule has 8 nitrogen and oxygen atoms in total. The number of halogens is 1. The largest absolute Gasteiger partial charge is 1.00 e. The van der Waals surface area contributed by atoms with Crippen molar-refractivity contribution in [2.75, 3.05) is 12.4 Å². The fraction of sp³-hybridized carbons (Fsp3) is 0.133. The second kappa shape index (κ2) is 14.0. The van der Waals surface area contributed by atoms with Crippen LogP contribution in [0, 0.1) is 0 Å². The zero-order chi connectivity index (χ0) is 28.1. The number of nitrogens with one attached hydrogen (secondary N) is 1. The molecule has 0 saturated carbocycles. The number of benzene rings is 3. The summed E-state index contributed by atoms with van der Waals surface area (Å²) < 4.78 is 6.87. The molecule has 0 aliphatic heterocycles. The first-order valence-electron chi connectivity index (χ1n) is 11.9. The number of anilines is 1. The molecule has 0 radical (unpaired) electrons. The summed E-state index contributed by atoms with van der Waals surface area (Å²) in [7, 11) is 1.43. The number of ketones is 1. The number of rotatable bonds is 9. The number of carbonyl (C=O) groups is 3. The third-order valence-corrected chi connectivity index (χ3v) is 6.45. The van der Waals surface area contributed by atoms with E-state index < -0.39 is 23.5 Å². The van der Waals surface area contributed by atoms with Crippen molar-refractivity contribution < 1.29 is 75.6 Å². The van der Waals surface area contributed by atoms with Crippen LogP contribution in [0.1, 0.15) is 39.2 Å². The SMILES string of the molecule is COc1cn([C@@H](Cc2ccccc2)C(=O)Nc2ccc(C(=O)[O-])cc2)c(=O)cc1-c1cc(Cl)ccc1C(C)=O.[K+]. The van der Waals surface area contributed by atoms with Crippen LogP contribution in [0.15, 0.2) is 89.9 Å². The molecular formula is C30H24ClKN2O6. The number of Topliss-reactive ketones (excluding diaryl/α,β-unsaturated/α-hetero) is 1. The van der Waals surface area contributed by atoms with E-state index >= 15 is 0 Å². The molecule has 1 aromatic heterocycles. The number of pyridine rings is 1. The number of amides is 1. The van der Waals surface area contributed by atoms with Gasteiger partial charge < -0.3 is 20.0 Å². The number of carboxylic acids is 1. The summed E-state index contributed by atoms with van der Waals surface area (Å²) in [4.78, 5) is 50.4. The predicted octanol–water partition coefficient (Wildman–Crippen LogP) is 1.17. The van der Waals surface area contributed by atoms with E-state index in [1.54, 1.807) is 18.2 Å². The monoisotopic (exact) mass is 582 g/mol. The fourth-order valence-electron chi connectivity index (χ4n) is 4.26. The zero-order valence-electron chi connectivity index (χ0n) is 22.1. The molecule has 1 atom stereocenters. The Bertz CT molecular complexity index is 1600. The Hall–Kier alpha value is -3.05. The molecule has 0 aliphatic carbocycles. The van der Waals surface area contributed by atoms with E-state index in [0.717, 1.165) is 5.56 Å². The van der Waals surface area contributed by atoms with Crippen LogP contribution >= 0.6 is 11.6 Å². The number of hydrogen-bond donors (Lipinski definition) is 1. The van der Waals surface area contributed by atoms with E-state index in [2.05, 4.69) is 5.32 Å². The zero-order valence-corrected chi connectivity index (χ0v) is 26.0. The number of nitrogens with zero attached hydrogens (tertiary/aromatic N) is 1. The van der Waals surface area contributed by atoms with Crippen molar-refractivity contribution >= 4 is 34.9 Å². The summed E-state index contributed by atoms with van der Waals surface area (Å²) in [6.45, 7) is 1.42. The first kappa shape index (κ1) is 31.5. The van der Waals surface area contributed by atoms with Crippen LogP contribution in [-0.4, -0.2) is 29.3 Å². The summed E-state index contributed by atoms with van der Waals surface area (Å²) in [5.74, 6) is -1.77. The molecule has 10 heteroatoms. The third-order valence-electron chi connectivity index (χ3n) is 6.21. The second-order valence-corrected chi connectivity index (χ2v) is 9.24. The maximum Gasteiger partial charge on any atom is 1.00 e. The van der Waals surface area contributed by atoms with Gasteiger partial charge in [-0.3, -0.25) is 19.0 Å². The summed E-state index contributed by atoms with van der Waals surface area (Å²) in [6, 6.07) is 19.8. The van der Waals surface area contributed by atoms with Gasteiger partial charge >= 0.3 is 51.4 Å². The first-order valence-corrected chi connectivity index (χ1v) is 12.3. The van der Waals surface area contributed by atoms with Gasteiger partial charge in [0.05, 0.1) is 19.3 Å². The summed E-state index contributed by atoms with van der Waals surface area (Å²) >= 11 is 6.20. The Morgan fingerprint density at radius 3 is 2.25 bits per heavy atom. The van der Waals surface area contributed by atoms with E-state index in [1.165, 1.54) is 55.1 Å². The Morgan fingerprint density at radius 2 is 1.65 bits per heavy atom. The van der Waals surface area contributed by atoms with Crippen LogP contribution in [0.4, 0.5) is 5.69 Å². The summed E-state index contributed by atoms with van der Waals surface area (Å²) in [5.41, 5.74) is 1.81. The average Bonchev–Trinajstić information content (AvgIpc) is 2.92. The minimum Gasteiger partial charge on any atom is -0.545 e. The molecule has 198 valence electrons. The molecule has 0 bridgehead atoms. The normalized spacial score (nSPS) is 11.2. The van der Waals surface area contributed by atoms with Crippen molar-refractivity contribution in [3.8, 4) is 16.9 Å². The maximum atomic E-state index is 13.5. The standard InChI is InChI=1S/C30H25ClN2O6.K/c1-18(34)23-13-10-21(31)15-24(23)25-16-28(35)33(17-27(25)39-2)26(14-19-6-4-3-5-7-19)29(36)32-22-11-8-20(9-12-22)30(37)38;/h3-13,15-17,26H,14H2,1-2H3,(H,32,36)(H,37,38);/q;+1/p-1/t26-;/m0./s1. The van der Waals surface area contributed by atoms with Gasteiger partial charge in [-0.2, -0.15) is 0 Å². The molecule has 0 spiro atoms. The fourth-order valence-corrected chi connectivity index (χ4v) is 4.43. The van der Waals surface area contributed by atoms with Crippen molar-refractivity contribution in [2.24, 2.45) is 0 Å². The number of aromatic nitrogens is 1. The molecule has 40 heavy (non-hydrogen) atoms. The summed E-state index contributed by atoms with van der Waals surface area (Å²) in [5, 5.41) is 14.2. The van der Waals surface area contributed by atoms with E-state index in [0.29, 0.717) is 27.4 Å². The number of carbonyl (C=O) groups excluding carboxylic acids is 3. The van der Waals surface area contributed by atoms with Crippen LogP contribution in [0.5, 0.6) is 5.75 Å². The molecule has 4 rings (SSSR count). The van der Waals surface area contributed by atoms with Gasteiger partial charge in [-0.15, -0.1) is 0 Å². The predicted molar refractivity (Wildman–Crippen MR) is 146 cm³/mol. The third kappa shape index (κ3) is 7.36. The van der Waals surface area contributed by atoms with Gasteiger partial charge in [0.15, 0.2) is 5.78 Å². The van der Waals surface area contributed by atoms with Gasteiger partial charge in [0.2, 0.25) is 5.91 Å². The molecule has 3 aromatic carbocycles. The number of ether oxygens (including phenoxy) is 1. The van der Waals surface area contributed by atoms with Crippen LogP contribution in [0.25, 0.3) is 11.1 Å². The minimum atomic E-state index is -1.33. The molecule has 0 fully saturated rings. The molecule has 1 N–H and O–H groups in total. The number of aromatic carboxylic acids is 1. The van der Waals surface area contributed by atoms with Crippen LogP contribution in [0.2, 0.25) is 5.02 Å². The van der Waals surface area contributed by atoms with Gasteiger partial charge in [0.1, 0.15) is 11.8 Å². The van der Waals surface area contributed by atoms with E-state index in [-0.39, 0.29) is 74.9 Å². The van der Waals surface area contributed by atoms with Gasteiger partial charge in [-0.25, -0.2) is 0 Å². The van der Waals surface area contributed by atoms with Crippen molar-refractivity contribution in [2.45, 2.75) is 19.4 Å². The van der Waals surface area contributed by atoms with Crippen molar-refractivity contribution in [3.63, 3.8) is 0 Å². The Balaban J connectivity index is 0.00000441. The Labute approximate surface area is 278 Å². The van der Waals surface area contributed by atoms with E-state index in [1.807, 2.05) is 30.3 Å². The number of methoxy groups -OCH3 is 1. The minimum absolute atomic E-state index is 0. The van der Waals surface area contributed by atoms with Gasteiger partial charge in [-0.1, -0.05) is 54.1 Å². The van der Waals surface area contributed by atoms with E-state index in [4.69, 9.17) is 16.3 Å². The summed E-state index contributed by atoms with van der Waals surface area (Å²) in [6.07, 6.45) is 1.62. The molecule has 1 heterocycles. The van der Waals surface area contributed by atoms with Crippen LogP contribution < -0.4 is 72.1 Å². The Kier molecular flexibility index (Phi) is 11.0. The average molecular weight is 583 g/mol. The quantitative estimate of drug-likeness (QED) is 0.234. The second-order valence-electron chi connectivity index (χ2n) is 8.81. The first-order chi connectivity index (χ1) is 18.7. The molecule has 0 saturated heterocycles. The van der Waals surface area contributed by atoms with Crippen molar-refractivity contribution in [3.05, 3.63) is 117 Å². The van der Waals surface area contributed by atoms with Gasteiger partial charge in [0.25, 0.3) is 5.56 Å². The van der Waals surface area contributed by atoms with Crippen molar-refractivity contribution in [1.82, 2.24) is 4.57 Å². The van der Waals surface area contributed by atoms with Gasteiger partial charge in [0, 0.05) is 34.3 Å². The molecule has 0 unspecified atom stereocenters. The topological polar surface area (TPSA) is 118 Å². The van der Waals surface area contributed by atoms with Gasteiger partial charge in [-0.05, 0) is 53.9 Å². The smallest absolute Gasteiger partial charge is 0.545 e. The van der Waals surface area contributed by atoms with Crippen LogP contribution in [0.3, 0.4) is 0 Å². The molecule has 1 amide bonds. The Morgan fingerprint density at radius 1 is 0.975 bits per heavy atom. The maximum absolute atomic E-state index is 13.5.